The third-order valence-electron chi connectivity index (χ3n) is 5.59. The summed E-state index contributed by atoms with van der Waals surface area (Å²) in [4.78, 5) is 28.1. The van der Waals surface area contributed by atoms with E-state index in [0.717, 1.165) is 6.07 Å². The lowest BCUT2D eigenvalue weighted by atomic mass is 10.2. The number of aromatic nitrogens is 5. The Labute approximate surface area is 226 Å². The number of aromatic amines is 1. The molecule has 0 atom stereocenters. The van der Waals surface area contributed by atoms with Crippen LogP contribution < -0.4 is 19.8 Å². The van der Waals surface area contributed by atoms with Gasteiger partial charge in [0.05, 0.1) is 25.7 Å². The van der Waals surface area contributed by atoms with Crippen LogP contribution in [0.4, 0.5) is 10.2 Å². The predicted octanol–water partition coefficient (Wildman–Crippen LogP) is 3.92. The third-order valence-corrected chi connectivity index (χ3v) is 7.07. The van der Waals surface area contributed by atoms with E-state index in [4.69, 9.17) is 21.1 Å². The second-order valence-electron chi connectivity index (χ2n) is 8.21. The van der Waals surface area contributed by atoms with Gasteiger partial charge in [0.15, 0.2) is 28.1 Å². The van der Waals surface area contributed by atoms with Crippen molar-refractivity contribution in [1.29, 1.82) is 0 Å². The molecule has 200 valence electrons. The zero-order chi connectivity index (χ0) is 27.7. The van der Waals surface area contributed by atoms with Crippen LogP contribution in [0.5, 0.6) is 11.5 Å². The predicted molar refractivity (Wildman–Crippen MR) is 143 cm³/mol. The van der Waals surface area contributed by atoms with E-state index >= 15 is 0 Å². The van der Waals surface area contributed by atoms with Gasteiger partial charge in [-0.25, -0.2) is 27.8 Å². The molecule has 2 N–H and O–H groups in total. The fourth-order valence-electron chi connectivity index (χ4n) is 3.99. The summed E-state index contributed by atoms with van der Waals surface area (Å²) in [7, 11) is -1.14. The Balaban J connectivity index is 1.72. The van der Waals surface area contributed by atoms with Crippen molar-refractivity contribution < 1.29 is 22.3 Å². The summed E-state index contributed by atoms with van der Waals surface area (Å²) in [6.45, 7) is 0. The SMILES string of the molecule is COc1cccc(OC)c1-n1c(-c2cccc(=O)[nH]2)nc2nc(Cl)c(NS(=O)(=O)Cc3cccc(F)c3)nc21. The molecule has 0 fully saturated rings. The van der Waals surface area contributed by atoms with Crippen LogP contribution >= 0.6 is 11.6 Å². The number of nitrogens with zero attached hydrogens (tertiary/aromatic N) is 4. The monoisotopic (exact) mass is 570 g/mol. The number of imidazole rings is 1. The first-order valence-corrected chi connectivity index (χ1v) is 13.3. The van der Waals surface area contributed by atoms with Crippen molar-refractivity contribution in [3.8, 4) is 28.7 Å². The number of anilines is 1. The summed E-state index contributed by atoms with van der Waals surface area (Å²) in [6, 6.07) is 14.8. The van der Waals surface area contributed by atoms with Gasteiger partial charge in [0.25, 0.3) is 0 Å². The van der Waals surface area contributed by atoms with Crippen LogP contribution in [0.15, 0.2) is 65.5 Å². The molecule has 0 aliphatic rings. The maximum absolute atomic E-state index is 13.6. The second kappa shape index (κ2) is 10.3. The Hall–Kier alpha value is -4.49. The van der Waals surface area contributed by atoms with Crippen molar-refractivity contribution in [3.63, 3.8) is 0 Å². The number of sulfonamides is 1. The molecular weight excluding hydrogens is 551 g/mol. The summed E-state index contributed by atoms with van der Waals surface area (Å²) in [6.07, 6.45) is 0. The molecule has 3 heterocycles. The van der Waals surface area contributed by atoms with Crippen LogP contribution in [0.2, 0.25) is 5.15 Å². The standard InChI is InChI=1S/C25H20ClFN6O5S/c1-37-17-9-5-10-18(38-2)20(17)33-24(16-8-4-11-19(34)28-16)31-23-25(33)30-22(21(26)29-23)32-39(35,36)13-14-6-3-7-15(27)12-14/h3-12H,13H2,1-2H3,(H,28,34)(H,30,32). The number of rotatable bonds is 8. The maximum Gasteiger partial charge on any atom is 0.248 e. The minimum Gasteiger partial charge on any atom is -0.494 e. The molecule has 2 aromatic carbocycles. The molecule has 0 unspecified atom stereocenters. The van der Waals surface area contributed by atoms with E-state index in [1.807, 2.05) is 0 Å². The first-order chi connectivity index (χ1) is 18.7. The fraction of sp³-hybridized carbons (Fsp3) is 0.120. The molecule has 0 saturated heterocycles. The highest BCUT2D eigenvalue weighted by Gasteiger charge is 2.25. The number of hydrogen-bond donors (Lipinski definition) is 2. The average molecular weight is 571 g/mol. The van der Waals surface area contributed by atoms with Crippen molar-refractivity contribution in [2.24, 2.45) is 0 Å². The molecule has 0 spiro atoms. The largest absolute Gasteiger partial charge is 0.494 e. The lowest BCUT2D eigenvalue weighted by Crippen LogP contribution is -2.17. The van der Waals surface area contributed by atoms with E-state index in [0.29, 0.717) is 22.9 Å². The van der Waals surface area contributed by atoms with Crippen molar-refractivity contribution >= 4 is 38.7 Å². The number of ether oxygens (including phenoxy) is 2. The van der Waals surface area contributed by atoms with Crippen LogP contribution in [0.3, 0.4) is 0 Å². The molecular formula is C25H20ClFN6O5S. The smallest absolute Gasteiger partial charge is 0.248 e. The number of methoxy groups -OCH3 is 2. The Morgan fingerprint density at radius 2 is 1.69 bits per heavy atom. The summed E-state index contributed by atoms with van der Waals surface area (Å²) in [5.41, 5.74) is 0.690. The highest BCUT2D eigenvalue weighted by molar-refractivity contribution is 7.91. The number of nitrogens with one attached hydrogen (secondary N) is 2. The normalized spacial score (nSPS) is 11.5. The third kappa shape index (κ3) is 5.26. The molecule has 0 amide bonds. The number of H-pyrrole nitrogens is 1. The lowest BCUT2D eigenvalue weighted by molar-refractivity contribution is 0.391. The number of para-hydroxylation sites is 1. The van der Waals surface area contributed by atoms with Gasteiger partial charge in [-0.3, -0.25) is 14.1 Å². The van der Waals surface area contributed by atoms with Gasteiger partial charge < -0.3 is 14.5 Å². The molecule has 14 heteroatoms. The zero-order valence-corrected chi connectivity index (χ0v) is 22.0. The molecule has 11 nitrogen and oxygen atoms in total. The van der Waals surface area contributed by atoms with Gasteiger partial charge in [-0.2, -0.15) is 0 Å². The second-order valence-corrected chi connectivity index (χ2v) is 10.3. The summed E-state index contributed by atoms with van der Waals surface area (Å²) < 4.78 is 54.4. The highest BCUT2D eigenvalue weighted by atomic mass is 35.5. The average Bonchev–Trinajstić information content (AvgIpc) is 3.25. The number of fused-ring (bicyclic) bond motifs is 1. The van der Waals surface area contributed by atoms with Gasteiger partial charge in [-0.05, 0) is 35.9 Å². The van der Waals surface area contributed by atoms with Crippen LogP contribution in [0.25, 0.3) is 28.5 Å². The van der Waals surface area contributed by atoms with Crippen molar-refractivity contribution in [2.45, 2.75) is 5.75 Å². The Morgan fingerprint density at radius 1 is 1.00 bits per heavy atom. The van der Waals surface area contributed by atoms with E-state index in [1.165, 1.54) is 43.1 Å². The first kappa shape index (κ1) is 26.1. The minimum absolute atomic E-state index is 0.0562. The van der Waals surface area contributed by atoms with Gasteiger partial charge in [0.1, 0.15) is 23.0 Å². The minimum atomic E-state index is -4.08. The molecule has 0 aliphatic heterocycles. The van der Waals surface area contributed by atoms with E-state index in [-0.39, 0.29) is 39.2 Å². The number of benzene rings is 2. The summed E-state index contributed by atoms with van der Waals surface area (Å²) >= 11 is 6.32. The van der Waals surface area contributed by atoms with Gasteiger partial charge in [-0.1, -0.05) is 35.9 Å². The van der Waals surface area contributed by atoms with Crippen molar-refractivity contribution in [3.05, 3.63) is 87.6 Å². The Morgan fingerprint density at radius 3 is 2.36 bits per heavy atom. The summed E-state index contributed by atoms with van der Waals surface area (Å²) in [5.74, 6) is -0.416. The maximum atomic E-state index is 13.6. The molecule has 5 rings (SSSR count). The first-order valence-electron chi connectivity index (χ1n) is 11.3. The molecule has 39 heavy (non-hydrogen) atoms. The quantitative estimate of drug-likeness (QED) is 0.286. The number of hydrogen-bond acceptors (Lipinski definition) is 8. The van der Waals surface area contributed by atoms with Gasteiger partial charge in [0, 0.05) is 6.07 Å². The van der Waals surface area contributed by atoms with Gasteiger partial charge >= 0.3 is 0 Å². The summed E-state index contributed by atoms with van der Waals surface area (Å²) in [5, 5.41) is -0.268. The van der Waals surface area contributed by atoms with Crippen LogP contribution in [0, 0.1) is 5.82 Å². The molecule has 5 aromatic rings. The van der Waals surface area contributed by atoms with Crippen LogP contribution in [-0.4, -0.2) is 47.1 Å². The molecule has 3 aromatic heterocycles. The number of halogens is 2. The van der Waals surface area contributed by atoms with Gasteiger partial charge in [0.2, 0.25) is 15.6 Å². The van der Waals surface area contributed by atoms with Crippen molar-refractivity contribution in [2.75, 3.05) is 18.9 Å². The van der Waals surface area contributed by atoms with E-state index in [1.54, 1.807) is 30.3 Å². The highest BCUT2D eigenvalue weighted by Crippen LogP contribution is 2.38. The molecule has 0 saturated carbocycles. The van der Waals surface area contributed by atoms with Crippen molar-refractivity contribution in [1.82, 2.24) is 24.5 Å². The number of pyridine rings is 1. The van der Waals surface area contributed by atoms with Crippen LogP contribution in [-0.2, 0) is 15.8 Å². The van der Waals surface area contributed by atoms with Crippen LogP contribution in [0.1, 0.15) is 5.56 Å². The molecule has 0 bridgehead atoms. The zero-order valence-electron chi connectivity index (χ0n) is 20.5. The lowest BCUT2D eigenvalue weighted by Gasteiger charge is -2.16. The van der Waals surface area contributed by atoms with E-state index in [2.05, 4.69) is 24.7 Å². The topological polar surface area (TPSA) is 141 Å². The molecule has 0 aliphatic carbocycles. The Kier molecular flexibility index (Phi) is 6.93. The fourth-order valence-corrected chi connectivity index (χ4v) is 5.34. The Bertz CT molecular complexity index is 1850. The van der Waals surface area contributed by atoms with E-state index < -0.39 is 21.6 Å². The van der Waals surface area contributed by atoms with E-state index in [9.17, 15) is 17.6 Å². The molecule has 0 radical (unpaired) electrons. The van der Waals surface area contributed by atoms with Gasteiger partial charge in [-0.15, -0.1) is 0 Å².